The molecule has 0 atom stereocenters. The van der Waals surface area contributed by atoms with Crippen molar-refractivity contribution in [2.24, 2.45) is 0 Å². The summed E-state index contributed by atoms with van der Waals surface area (Å²) >= 11 is 0. The first-order valence-electron chi connectivity index (χ1n) is 10.8. The Balaban J connectivity index is 1.48. The van der Waals surface area contributed by atoms with E-state index in [1.807, 2.05) is 11.0 Å². The molecule has 5 rings (SSSR count). The highest BCUT2D eigenvalue weighted by atomic mass is 19.1. The maximum atomic E-state index is 14.7. The molecule has 4 heterocycles. The number of hydrogen-bond acceptors (Lipinski definition) is 8. The predicted molar refractivity (Wildman–Crippen MR) is 119 cm³/mol. The standard InChI is InChI=1S/C22H23FN8O/c23-17-10-19(26-13-18(17)30-7-5-25-6-8-30)28-22-27-12-15-9-14(11-24)21(32)31(20(15)29-22)16-3-1-2-4-16/h9-10,12-13,16,25H,1-8H2,(H,26,27,28,29). The van der Waals surface area contributed by atoms with E-state index in [1.165, 1.54) is 18.3 Å². The van der Waals surface area contributed by atoms with Gasteiger partial charge in [0, 0.05) is 49.9 Å². The van der Waals surface area contributed by atoms with Crippen LogP contribution >= 0.6 is 0 Å². The van der Waals surface area contributed by atoms with Gasteiger partial charge in [0.2, 0.25) is 5.95 Å². The lowest BCUT2D eigenvalue weighted by molar-refractivity contribution is 0.515. The van der Waals surface area contributed by atoms with Crippen molar-refractivity contribution in [1.29, 1.82) is 5.26 Å². The molecule has 1 saturated heterocycles. The fourth-order valence-electron chi connectivity index (χ4n) is 4.51. The maximum Gasteiger partial charge on any atom is 0.270 e. The predicted octanol–water partition coefficient (Wildman–Crippen LogP) is 2.47. The molecule has 164 valence electrons. The Morgan fingerprint density at radius 3 is 2.66 bits per heavy atom. The van der Waals surface area contributed by atoms with Crippen LogP contribution in [0.15, 0.2) is 29.3 Å². The number of halogens is 1. The Labute approximate surface area is 183 Å². The third kappa shape index (κ3) is 3.76. The second-order valence-electron chi connectivity index (χ2n) is 8.14. The number of nitrogens with one attached hydrogen (secondary N) is 2. The number of nitriles is 1. The van der Waals surface area contributed by atoms with E-state index >= 15 is 0 Å². The quantitative estimate of drug-likeness (QED) is 0.644. The van der Waals surface area contributed by atoms with Crippen molar-refractivity contribution in [1.82, 2.24) is 24.8 Å². The van der Waals surface area contributed by atoms with Gasteiger partial charge in [-0.05, 0) is 18.9 Å². The van der Waals surface area contributed by atoms with Crippen molar-refractivity contribution in [2.75, 3.05) is 36.4 Å². The van der Waals surface area contributed by atoms with E-state index < -0.39 is 0 Å². The summed E-state index contributed by atoms with van der Waals surface area (Å²) in [6.07, 6.45) is 6.90. The number of anilines is 3. The first kappa shape index (κ1) is 20.3. The number of nitrogens with zero attached hydrogens (tertiary/aromatic N) is 6. The van der Waals surface area contributed by atoms with Gasteiger partial charge in [-0.2, -0.15) is 10.2 Å². The Bertz CT molecular complexity index is 1260. The molecule has 0 unspecified atom stereocenters. The van der Waals surface area contributed by atoms with E-state index in [4.69, 9.17) is 0 Å². The Hall–Kier alpha value is -3.58. The minimum Gasteiger partial charge on any atom is -0.365 e. The monoisotopic (exact) mass is 434 g/mol. The largest absolute Gasteiger partial charge is 0.365 e. The van der Waals surface area contributed by atoms with Crippen molar-refractivity contribution in [2.45, 2.75) is 31.7 Å². The first-order valence-corrected chi connectivity index (χ1v) is 10.8. The van der Waals surface area contributed by atoms with Crippen molar-refractivity contribution in [3.63, 3.8) is 0 Å². The normalized spacial score (nSPS) is 16.9. The zero-order chi connectivity index (χ0) is 22.1. The fraction of sp³-hybridized carbons (Fsp3) is 0.409. The minimum absolute atomic E-state index is 0.00920. The van der Waals surface area contributed by atoms with Crippen LogP contribution in [0.3, 0.4) is 0 Å². The molecule has 0 amide bonds. The molecule has 32 heavy (non-hydrogen) atoms. The highest BCUT2D eigenvalue weighted by molar-refractivity contribution is 5.77. The highest BCUT2D eigenvalue weighted by Gasteiger charge is 2.23. The number of piperazine rings is 1. The molecule has 10 heteroatoms. The number of pyridine rings is 2. The number of fused-ring (bicyclic) bond motifs is 1. The summed E-state index contributed by atoms with van der Waals surface area (Å²) in [6, 6.07) is 4.84. The molecule has 2 fully saturated rings. The van der Waals surface area contributed by atoms with Crippen molar-refractivity contribution in [3.8, 4) is 6.07 Å². The smallest absolute Gasteiger partial charge is 0.270 e. The molecule has 0 radical (unpaired) electrons. The maximum absolute atomic E-state index is 14.7. The summed E-state index contributed by atoms with van der Waals surface area (Å²) in [7, 11) is 0. The number of hydrogen-bond donors (Lipinski definition) is 2. The highest BCUT2D eigenvalue weighted by Crippen LogP contribution is 2.31. The lowest BCUT2D eigenvalue weighted by atomic mass is 10.2. The first-order chi connectivity index (χ1) is 15.6. The lowest BCUT2D eigenvalue weighted by Gasteiger charge is -2.29. The molecule has 1 aliphatic heterocycles. The Morgan fingerprint density at radius 2 is 1.94 bits per heavy atom. The number of aromatic nitrogens is 4. The van der Waals surface area contributed by atoms with E-state index in [1.54, 1.807) is 10.8 Å². The van der Waals surface area contributed by atoms with Crippen LogP contribution in [-0.4, -0.2) is 45.7 Å². The molecule has 3 aromatic heterocycles. The van der Waals surface area contributed by atoms with Gasteiger partial charge >= 0.3 is 0 Å². The van der Waals surface area contributed by atoms with Crippen LogP contribution in [0.25, 0.3) is 11.0 Å². The Morgan fingerprint density at radius 1 is 1.16 bits per heavy atom. The van der Waals surface area contributed by atoms with Crippen LogP contribution in [0.2, 0.25) is 0 Å². The second kappa shape index (κ2) is 8.51. The average molecular weight is 434 g/mol. The van der Waals surface area contributed by atoms with Crippen LogP contribution in [0.4, 0.5) is 21.8 Å². The SMILES string of the molecule is N#Cc1cc2cnc(Nc3cc(F)c(N4CCNCC4)cn3)nc2n(C2CCCC2)c1=O. The van der Waals surface area contributed by atoms with Gasteiger partial charge in [0.25, 0.3) is 5.56 Å². The minimum atomic E-state index is -0.369. The van der Waals surface area contributed by atoms with Gasteiger partial charge in [0.1, 0.15) is 23.1 Å². The fourth-order valence-corrected chi connectivity index (χ4v) is 4.51. The van der Waals surface area contributed by atoms with Crippen LogP contribution in [0.5, 0.6) is 0 Å². The summed E-state index contributed by atoms with van der Waals surface area (Å²) < 4.78 is 16.4. The van der Waals surface area contributed by atoms with E-state index in [0.29, 0.717) is 16.7 Å². The van der Waals surface area contributed by atoms with Crippen LogP contribution in [0.1, 0.15) is 37.3 Å². The molecule has 1 saturated carbocycles. The molecule has 2 aliphatic rings. The van der Waals surface area contributed by atoms with Gasteiger partial charge in [-0.3, -0.25) is 9.36 Å². The van der Waals surface area contributed by atoms with Crippen molar-refractivity contribution >= 4 is 28.5 Å². The summed E-state index contributed by atoms with van der Waals surface area (Å²) in [6.45, 7) is 3.06. The molecular weight excluding hydrogens is 411 g/mol. The molecule has 3 aromatic rings. The Kier molecular flexibility index (Phi) is 5.41. The van der Waals surface area contributed by atoms with E-state index in [-0.39, 0.29) is 34.7 Å². The average Bonchev–Trinajstić information content (AvgIpc) is 3.34. The van der Waals surface area contributed by atoms with E-state index in [9.17, 15) is 14.4 Å². The van der Waals surface area contributed by atoms with Gasteiger partial charge in [0.05, 0.1) is 11.9 Å². The third-order valence-electron chi connectivity index (χ3n) is 6.12. The molecule has 9 nitrogen and oxygen atoms in total. The van der Waals surface area contributed by atoms with E-state index in [2.05, 4.69) is 25.6 Å². The molecular formula is C22H23FN8O. The van der Waals surface area contributed by atoms with Crippen LogP contribution in [0, 0.1) is 17.1 Å². The summed E-state index contributed by atoms with van der Waals surface area (Å²) in [5.74, 6) is 0.131. The lowest BCUT2D eigenvalue weighted by Crippen LogP contribution is -2.43. The third-order valence-corrected chi connectivity index (χ3v) is 6.12. The zero-order valence-electron chi connectivity index (χ0n) is 17.5. The molecule has 0 bridgehead atoms. The topological polar surface area (TPSA) is 112 Å². The summed E-state index contributed by atoms with van der Waals surface area (Å²) in [5, 5.41) is 16.2. The molecule has 0 spiro atoms. The second-order valence-corrected chi connectivity index (χ2v) is 8.14. The summed E-state index contributed by atoms with van der Waals surface area (Å²) in [5.41, 5.74) is 0.689. The molecule has 0 aromatic carbocycles. The van der Waals surface area contributed by atoms with Gasteiger partial charge in [0.15, 0.2) is 5.82 Å². The van der Waals surface area contributed by atoms with E-state index in [0.717, 1.165) is 51.9 Å². The van der Waals surface area contributed by atoms with Crippen LogP contribution in [-0.2, 0) is 0 Å². The summed E-state index contributed by atoms with van der Waals surface area (Å²) in [4.78, 5) is 28.0. The molecule has 2 N–H and O–H groups in total. The van der Waals surface area contributed by atoms with Gasteiger partial charge in [-0.15, -0.1) is 0 Å². The van der Waals surface area contributed by atoms with Gasteiger partial charge in [-0.1, -0.05) is 12.8 Å². The van der Waals surface area contributed by atoms with Gasteiger partial charge in [-0.25, -0.2) is 14.4 Å². The zero-order valence-corrected chi connectivity index (χ0v) is 17.5. The number of rotatable bonds is 4. The van der Waals surface area contributed by atoms with Gasteiger partial charge < -0.3 is 15.5 Å². The molecule has 1 aliphatic carbocycles. The van der Waals surface area contributed by atoms with Crippen molar-refractivity contribution in [3.05, 3.63) is 46.3 Å². The van der Waals surface area contributed by atoms with Crippen molar-refractivity contribution < 1.29 is 4.39 Å². The van der Waals surface area contributed by atoms with Crippen LogP contribution < -0.4 is 21.1 Å².